The van der Waals surface area contributed by atoms with Crippen LogP contribution in [0, 0.1) is 5.82 Å². The van der Waals surface area contributed by atoms with Crippen molar-refractivity contribution in [3.05, 3.63) is 23.5 Å². The van der Waals surface area contributed by atoms with Crippen LogP contribution in [0.4, 0.5) is 15.8 Å². The molecular formula is C11H13FN2O3. The highest BCUT2D eigenvalue weighted by molar-refractivity contribution is 5.94. The normalized spacial score (nSPS) is 15.9. The first-order valence-corrected chi connectivity index (χ1v) is 5.24. The van der Waals surface area contributed by atoms with E-state index in [-0.39, 0.29) is 5.69 Å². The number of hydrogen-bond donors (Lipinski definition) is 2. The first-order valence-electron chi connectivity index (χ1n) is 5.24. The molecule has 0 saturated carbocycles. The van der Waals surface area contributed by atoms with Crippen molar-refractivity contribution in [2.75, 3.05) is 36.9 Å². The van der Waals surface area contributed by atoms with Gasteiger partial charge in [-0.25, -0.2) is 9.18 Å². The molecule has 0 spiro atoms. The average molecular weight is 240 g/mol. The van der Waals surface area contributed by atoms with Crippen LogP contribution >= 0.6 is 0 Å². The van der Waals surface area contributed by atoms with Crippen molar-refractivity contribution >= 4 is 17.3 Å². The predicted octanol–water partition coefficient (Wildman–Crippen LogP) is 0.943. The predicted molar refractivity (Wildman–Crippen MR) is 60.8 cm³/mol. The lowest BCUT2D eigenvalue weighted by atomic mass is 10.1. The fourth-order valence-corrected chi connectivity index (χ4v) is 1.84. The molecule has 92 valence electrons. The third-order valence-electron chi connectivity index (χ3n) is 2.70. The molecular weight excluding hydrogens is 227 g/mol. The van der Waals surface area contributed by atoms with E-state index in [9.17, 15) is 9.18 Å². The van der Waals surface area contributed by atoms with Crippen LogP contribution in [0.3, 0.4) is 0 Å². The summed E-state index contributed by atoms with van der Waals surface area (Å²) in [5.41, 5.74) is 5.62. The summed E-state index contributed by atoms with van der Waals surface area (Å²) in [6, 6.07) is 2.68. The molecule has 0 amide bonds. The van der Waals surface area contributed by atoms with Crippen molar-refractivity contribution in [2.45, 2.75) is 0 Å². The van der Waals surface area contributed by atoms with Gasteiger partial charge in [0.1, 0.15) is 11.4 Å². The van der Waals surface area contributed by atoms with Gasteiger partial charge in [-0.05, 0) is 12.1 Å². The second-order valence-electron chi connectivity index (χ2n) is 3.80. The van der Waals surface area contributed by atoms with E-state index in [2.05, 4.69) is 0 Å². The van der Waals surface area contributed by atoms with Crippen molar-refractivity contribution in [1.29, 1.82) is 0 Å². The van der Waals surface area contributed by atoms with Crippen LogP contribution in [0.2, 0.25) is 0 Å². The molecule has 1 aliphatic rings. The molecule has 0 aliphatic carbocycles. The SMILES string of the molecule is Nc1cc(N2CCOCC2)cc(F)c1C(=O)O. The molecule has 1 aromatic carbocycles. The largest absolute Gasteiger partial charge is 0.478 e. The standard InChI is InChI=1S/C11H13FN2O3/c12-8-5-7(14-1-3-17-4-2-14)6-9(13)10(8)11(15)16/h5-6H,1-4,13H2,(H,15,16). The number of nitrogens with zero attached hydrogens (tertiary/aromatic N) is 1. The lowest BCUT2D eigenvalue weighted by Crippen LogP contribution is -2.36. The third-order valence-corrected chi connectivity index (χ3v) is 2.70. The lowest BCUT2D eigenvalue weighted by molar-refractivity contribution is 0.0693. The quantitative estimate of drug-likeness (QED) is 0.752. The number of nitrogen functional groups attached to an aromatic ring is 1. The van der Waals surface area contributed by atoms with Crippen molar-refractivity contribution in [3.63, 3.8) is 0 Å². The Kier molecular flexibility index (Phi) is 3.14. The van der Waals surface area contributed by atoms with Crippen LogP contribution in [0.15, 0.2) is 12.1 Å². The molecule has 6 heteroatoms. The van der Waals surface area contributed by atoms with E-state index < -0.39 is 17.3 Å². The van der Waals surface area contributed by atoms with Gasteiger partial charge in [-0.1, -0.05) is 0 Å². The summed E-state index contributed by atoms with van der Waals surface area (Å²) in [5.74, 6) is -2.16. The zero-order valence-corrected chi connectivity index (χ0v) is 9.15. The number of carboxylic acids is 1. The number of anilines is 2. The molecule has 1 saturated heterocycles. The van der Waals surface area contributed by atoms with E-state index in [1.165, 1.54) is 12.1 Å². The number of ether oxygens (including phenoxy) is 1. The second kappa shape index (κ2) is 4.58. The van der Waals surface area contributed by atoms with Crippen LogP contribution in [0.25, 0.3) is 0 Å². The van der Waals surface area contributed by atoms with Crippen molar-refractivity contribution < 1.29 is 19.0 Å². The van der Waals surface area contributed by atoms with Crippen molar-refractivity contribution in [2.24, 2.45) is 0 Å². The minimum absolute atomic E-state index is 0.0565. The first kappa shape index (κ1) is 11.7. The van der Waals surface area contributed by atoms with Crippen LogP contribution < -0.4 is 10.6 Å². The number of rotatable bonds is 2. The van der Waals surface area contributed by atoms with Gasteiger partial charge in [0.05, 0.1) is 18.9 Å². The molecule has 5 nitrogen and oxygen atoms in total. The van der Waals surface area contributed by atoms with E-state index in [0.717, 1.165) is 0 Å². The Labute approximate surface area is 97.6 Å². The van der Waals surface area contributed by atoms with Crippen LogP contribution in [-0.2, 0) is 4.74 Å². The molecule has 1 aromatic rings. The van der Waals surface area contributed by atoms with Gasteiger partial charge in [-0.2, -0.15) is 0 Å². The van der Waals surface area contributed by atoms with Crippen LogP contribution in [0.5, 0.6) is 0 Å². The van der Waals surface area contributed by atoms with Gasteiger partial charge < -0.3 is 20.5 Å². The van der Waals surface area contributed by atoms with E-state index >= 15 is 0 Å². The Balaban J connectivity index is 2.34. The Bertz CT molecular complexity index is 421. The number of halogens is 1. The number of morpholine rings is 1. The zero-order chi connectivity index (χ0) is 12.4. The molecule has 0 radical (unpaired) electrons. The summed E-state index contributed by atoms with van der Waals surface area (Å²) in [5, 5.41) is 8.79. The first-order chi connectivity index (χ1) is 8.09. The molecule has 1 aliphatic heterocycles. The topological polar surface area (TPSA) is 75.8 Å². The van der Waals surface area contributed by atoms with E-state index in [4.69, 9.17) is 15.6 Å². The van der Waals surface area contributed by atoms with Crippen molar-refractivity contribution in [1.82, 2.24) is 0 Å². The molecule has 0 aromatic heterocycles. The van der Waals surface area contributed by atoms with Gasteiger partial charge in [0.2, 0.25) is 0 Å². The zero-order valence-electron chi connectivity index (χ0n) is 9.15. The maximum absolute atomic E-state index is 13.6. The molecule has 1 fully saturated rings. The van der Waals surface area contributed by atoms with Gasteiger partial charge in [-0.3, -0.25) is 0 Å². The molecule has 0 bridgehead atoms. The minimum atomic E-state index is -1.35. The van der Waals surface area contributed by atoms with Crippen LogP contribution in [-0.4, -0.2) is 37.4 Å². The van der Waals surface area contributed by atoms with Gasteiger partial charge in [-0.15, -0.1) is 0 Å². The summed E-state index contributed by atoms with van der Waals surface area (Å²) in [7, 11) is 0. The van der Waals surface area contributed by atoms with E-state index in [1.54, 1.807) is 0 Å². The molecule has 17 heavy (non-hydrogen) atoms. The van der Waals surface area contributed by atoms with Gasteiger partial charge in [0, 0.05) is 18.8 Å². The number of hydrogen-bond acceptors (Lipinski definition) is 4. The molecule has 1 heterocycles. The molecule has 0 unspecified atom stereocenters. The maximum atomic E-state index is 13.6. The minimum Gasteiger partial charge on any atom is -0.478 e. The second-order valence-corrected chi connectivity index (χ2v) is 3.80. The fourth-order valence-electron chi connectivity index (χ4n) is 1.84. The Hall–Kier alpha value is -1.82. The Morgan fingerprint density at radius 1 is 1.41 bits per heavy atom. The van der Waals surface area contributed by atoms with Crippen molar-refractivity contribution in [3.8, 4) is 0 Å². The Morgan fingerprint density at radius 3 is 2.59 bits per heavy atom. The summed E-state index contributed by atoms with van der Waals surface area (Å²) in [4.78, 5) is 12.7. The number of carboxylic acid groups (broad SMARTS) is 1. The summed E-state index contributed by atoms with van der Waals surface area (Å²) in [6.45, 7) is 2.43. The lowest BCUT2D eigenvalue weighted by Gasteiger charge is -2.29. The van der Waals surface area contributed by atoms with Crippen LogP contribution in [0.1, 0.15) is 10.4 Å². The summed E-state index contributed by atoms with van der Waals surface area (Å²) < 4.78 is 18.8. The van der Waals surface area contributed by atoms with E-state index in [0.29, 0.717) is 32.0 Å². The maximum Gasteiger partial charge on any atom is 0.340 e. The summed E-state index contributed by atoms with van der Waals surface area (Å²) >= 11 is 0. The number of benzene rings is 1. The number of carbonyl (C=O) groups is 1. The monoisotopic (exact) mass is 240 g/mol. The number of aromatic carboxylic acids is 1. The fraction of sp³-hybridized carbons (Fsp3) is 0.364. The highest BCUT2D eigenvalue weighted by atomic mass is 19.1. The average Bonchev–Trinajstić information content (AvgIpc) is 2.28. The molecule has 3 N–H and O–H groups in total. The van der Waals surface area contributed by atoms with Gasteiger partial charge in [0.25, 0.3) is 0 Å². The molecule has 0 atom stereocenters. The smallest absolute Gasteiger partial charge is 0.340 e. The highest BCUT2D eigenvalue weighted by Gasteiger charge is 2.19. The van der Waals surface area contributed by atoms with Gasteiger partial charge >= 0.3 is 5.97 Å². The number of nitrogens with two attached hydrogens (primary N) is 1. The van der Waals surface area contributed by atoms with E-state index in [1.807, 2.05) is 4.90 Å². The Morgan fingerprint density at radius 2 is 2.06 bits per heavy atom. The highest BCUT2D eigenvalue weighted by Crippen LogP contribution is 2.25. The third kappa shape index (κ3) is 2.31. The molecule has 2 rings (SSSR count). The summed E-state index contributed by atoms with van der Waals surface area (Å²) in [6.07, 6.45) is 0. The van der Waals surface area contributed by atoms with Gasteiger partial charge in [0.15, 0.2) is 0 Å².